The zero-order chi connectivity index (χ0) is 14.2. The quantitative estimate of drug-likeness (QED) is 0.858. The first-order chi connectivity index (χ1) is 10.3. The molecule has 1 aliphatic carbocycles. The molecule has 4 heteroatoms. The summed E-state index contributed by atoms with van der Waals surface area (Å²) >= 11 is 0. The third kappa shape index (κ3) is 2.22. The normalized spacial score (nSPS) is 22.1. The van der Waals surface area contributed by atoms with Gasteiger partial charge in [-0.25, -0.2) is 0 Å². The van der Waals surface area contributed by atoms with E-state index in [4.69, 9.17) is 0 Å². The number of hydrogen-bond acceptors (Lipinski definition) is 3. The summed E-state index contributed by atoms with van der Waals surface area (Å²) in [5, 5.41) is 3.48. The molecule has 1 N–H and O–H groups in total. The average molecular weight is 285 g/mol. The van der Waals surface area contributed by atoms with Gasteiger partial charge in [-0.3, -0.25) is 4.79 Å². The van der Waals surface area contributed by atoms with Crippen molar-refractivity contribution in [3.8, 4) is 0 Å². The van der Waals surface area contributed by atoms with Crippen LogP contribution in [0.2, 0.25) is 0 Å². The molecule has 21 heavy (non-hydrogen) atoms. The molecule has 1 saturated carbocycles. The number of nitrogens with one attached hydrogen (secondary N) is 1. The smallest absolute Gasteiger partial charge is 0.230 e. The van der Waals surface area contributed by atoms with Crippen LogP contribution in [0.5, 0.6) is 0 Å². The van der Waals surface area contributed by atoms with Gasteiger partial charge in [0.05, 0.1) is 11.4 Å². The average Bonchev–Trinajstić information content (AvgIpc) is 2.97. The molecule has 4 rings (SSSR count). The van der Waals surface area contributed by atoms with Crippen molar-refractivity contribution in [2.75, 3.05) is 36.0 Å². The Morgan fingerprint density at radius 2 is 2.00 bits per heavy atom. The maximum Gasteiger partial charge on any atom is 0.230 e. The molecule has 1 aromatic rings. The number of rotatable bonds is 1. The third-order valence-corrected chi connectivity index (χ3v) is 5.14. The second-order valence-electron chi connectivity index (χ2n) is 6.42. The molecule has 2 heterocycles. The lowest BCUT2D eigenvalue weighted by atomic mass is 10.0. The zero-order valence-electron chi connectivity index (χ0n) is 12.5. The fourth-order valence-electron chi connectivity index (χ4n) is 4.04. The van der Waals surface area contributed by atoms with Crippen molar-refractivity contribution in [2.45, 2.75) is 32.2 Å². The molecule has 0 atom stereocenters. The highest BCUT2D eigenvalue weighted by atomic mass is 16.2. The minimum atomic E-state index is 0.260. The van der Waals surface area contributed by atoms with E-state index in [9.17, 15) is 4.79 Å². The van der Waals surface area contributed by atoms with Crippen LogP contribution in [0.3, 0.4) is 0 Å². The van der Waals surface area contributed by atoms with Gasteiger partial charge in [0.25, 0.3) is 0 Å². The summed E-state index contributed by atoms with van der Waals surface area (Å²) in [5.74, 6) is 0.620. The maximum absolute atomic E-state index is 12.9. The Bertz CT molecular complexity index is 551. The Balaban J connectivity index is 1.71. The molecule has 0 saturated heterocycles. The van der Waals surface area contributed by atoms with E-state index < -0.39 is 0 Å². The van der Waals surface area contributed by atoms with Crippen molar-refractivity contribution in [3.05, 3.63) is 23.8 Å². The maximum atomic E-state index is 12.9. The lowest BCUT2D eigenvalue weighted by Gasteiger charge is -2.39. The van der Waals surface area contributed by atoms with Gasteiger partial charge in [0, 0.05) is 38.6 Å². The largest absolute Gasteiger partial charge is 0.367 e. The SMILES string of the molecule is O=C(C1CCCC1)N1CCN2CCNCc3cccc1c32. The number of carbonyl (C=O) groups excluding carboxylic acids is 1. The molecule has 1 aromatic carbocycles. The topological polar surface area (TPSA) is 35.6 Å². The summed E-state index contributed by atoms with van der Waals surface area (Å²) in [6.45, 7) is 4.77. The van der Waals surface area contributed by atoms with Crippen LogP contribution < -0.4 is 15.1 Å². The van der Waals surface area contributed by atoms with Crippen molar-refractivity contribution < 1.29 is 4.79 Å². The van der Waals surface area contributed by atoms with E-state index in [1.165, 1.54) is 24.1 Å². The van der Waals surface area contributed by atoms with Crippen LogP contribution >= 0.6 is 0 Å². The van der Waals surface area contributed by atoms with E-state index in [2.05, 4.69) is 33.3 Å². The van der Waals surface area contributed by atoms with Gasteiger partial charge in [-0.05, 0) is 24.5 Å². The number of carbonyl (C=O) groups is 1. The van der Waals surface area contributed by atoms with Crippen molar-refractivity contribution in [1.29, 1.82) is 0 Å². The van der Waals surface area contributed by atoms with Gasteiger partial charge in [0.2, 0.25) is 5.91 Å². The summed E-state index contributed by atoms with van der Waals surface area (Å²) in [6, 6.07) is 6.41. The highest BCUT2D eigenvalue weighted by molar-refractivity contribution is 6.00. The van der Waals surface area contributed by atoms with E-state index in [1.54, 1.807) is 0 Å². The number of anilines is 2. The summed E-state index contributed by atoms with van der Waals surface area (Å²) in [7, 11) is 0. The number of amides is 1. The molecule has 0 aromatic heterocycles. The first kappa shape index (κ1) is 13.1. The molecule has 0 unspecified atom stereocenters. The summed E-state index contributed by atoms with van der Waals surface area (Å²) in [5.41, 5.74) is 3.76. The Morgan fingerprint density at radius 1 is 1.14 bits per heavy atom. The molecule has 2 aliphatic heterocycles. The van der Waals surface area contributed by atoms with Gasteiger partial charge in [-0.2, -0.15) is 0 Å². The van der Waals surface area contributed by atoms with Gasteiger partial charge in [0.1, 0.15) is 0 Å². The van der Waals surface area contributed by atoms with Gasteiger partial charge in [-0.1, -0.05) is 25.0 Å². The van der Waals surface area contributed by atoms with Crippen LogP contribution in [0.25, 0.3) is 0 Å². The number of hydrogen-bond donors (Lipinski definition) is 1. The van der Waals surface area contributed by atoms with Gasteiger partial charge < -0.3 is 15.1 Å². The van der Waals surface area contributed by atoms with Crippen LogP contribution in [-0.2, 0) is 11.3 Å². The van der Waals surface area contributed by atoms with Crippen LogP contribution in [0.4, 0.5) is 11.4 Å². The van der Waals surface area contributed by atoms with Gasteiger partial charge >= 0.3 is 0 Å². The third-order valence-electron chi connectivity index (χ3n) is 5.14. The molecular formula is C17H23N3O. The number of para-hydroxylation sites is 1. The fraction of sp³-hybridized carbons (Fsp3) is 0.588. The highest BCUT2D eigenvalue weighted by Crippen LogP contribution is 2.39. The molecule has 3 aliphatic rings. The molecule has 4 nitrogen and oxygen atoms in total. The molecule has 0 spiro atoms. The van der Waals surface area contributed by atoms with E-state index in [-0.39, 0.29) is 5.92 Å². The van der Waals surface area contributed by atoms with Crippen molar-refractivity contribution in [1.82, 2.24) is 5.32 Å². The van der Waals surface area contributed by atoms with Gasteiger partial charge in [0.15, 0.2) is 0 Å². The number of benzene rings is 1. The lowest BCUT2D eigenvalue weighted by Crippen LogP contribution is -2.46. The molecule has 1 fully saturated rings. The molecule has 0 bridgehead atoms. The molecule has 1 amide bonds. The van der Waals surface area contributed by atoms with E-state index in [0.29, 0.717) is 5.91 Å². The van der Waals surface area contributed by atoms with E-state index in [1.807, 2.05) is 0 Å². The van der Waals surface area contributed by atoms with E-state index in [0.717, 1.165) is 51.3 Å². The Kier molecular flexibility index (Phi) is 3.34. The van der Waals surface area contributed by atoms with Crippen molar-refractivity contribution >= 4 is 17.3 Å². The molecular weight excluding hydrogens is 262 g/mol. The summed E-state index contributed by atoms with van der Waals surface area (Å²) in [6.07, 6.45) is 4.59. The highest BCUT2D eigenvalue weighted by Gasteiger charge is 2.33. The predicted octanol–water partition coefficient (Wildman–Crippen LogP) is 2.13. The fourth-order valence-corrected chi connectivity index (χ4v) is 4.04. The first-order valence-electron chi connectivity index (χ1n) is 8.23. The second kappa shape index (κ2) is 5.34. The number of nitrogens with zero attached hydrogens (tertiary/aromatic N) is 2. The van der Waals surface area contributed by atoms with Crippen LogP contribution in [0.15, 0.2) is 18.2 Å². The van der Waals surface area contributed by atoms with Crippen LogP contribution in [0, 0.1) is 5.92 Å². The standard InChI is InChI=1S/C17H23N3O/c21-17(13-4-1-2-5-13)20-11-10-19-9-8-18-12-14-6-3-7-15(20)16(14)19/h3,6-7,13,18H,1-2,4-5,8-12H2. The monoisotopic (exact) mass is 285 g/mol. The minimum absolute atomic E-state index is 0.260. The van der Waals surface area contributed by atoms with Crippen molar-refractivity contribution in [2.24, 2.45) is 5.92 Å². The Morgan fingerprint density at radius 3 is 2.86 bits per heavy atom. The minimum Gasteiger partial charge on any atom is -0.367 e. The summed E-state index contributed by atoms with van der Waals surface area (Å²) in [4.78, 5) is 17.4. The zero-order valence-corrected chi connectivity index (χ0v) is 12.5. The molecule has 0 radical (unpaired) electrons. The Labute approximate surface area is 126 Å². The van der Waals surface area contributed by atoms with Crippen LogP contribution in [0.1, 0.15) is 31.2 Å². The van der Waals surface area contributed by atoms with Gasteiger partial charge in [-0.15, -0.1) is 0 Å². The first-order valence-corrected chi connectivity index (χ1v) is 8.23. The summed E-state index contributed by atoms with van der Waals surface area (Å²) < 4.78 is 0. The predicted molar refractivity (Wildman–Crippen MR) is 84.7 cm³/mol. The lowest BCUT2D eigenvalue weighted by molar-refractivity contribution is -0.122. The van der Waals surface area contributed by atoms with Crippen LogP contribution in [-0.4, -0.2) is 32.1 Å². The van der Waals surface area contributed by atoms with E-state index >= 15 is 0 Å². The Hall–Kier alpha value is -1.55. The molecule has 112 valence electrons. The second-order valence-corrected chi connectivity index (χ2v) is 6.42. The van der Waals surface area contributed by atoms with Crippen molar-refractivity contribution in [3.63, 3.8) is 0 Å².